The number of hydrogen-bond donors (Lipinski definition) is 0. The Morgan fingerprint density at radius 2 is 1.71 bits per heavy atom. The average molecular weight is 291 g/mol. The van der Waals surface area contributed by atoms with Gasteiger partial charge in [0.2, 0.25) is 0 Å². The minimum atomic E-state index is -0.0771. The van der Waals surface area contributed by atoms with Crippen LogP contribution in [0.1, 0.15) is 52.4 Å². The quantitative estimate of drug-likeness (QED) is 0.504. The Labute approximate surface area is 129 Å². The minimum Gasteiger partial charge on any atom is -0.464 e. The molecule has 2 aliphatic carbocycles. The number of likely N-dealkylation sites (N-methyl/N-ethyl adjacent to an activating group) is 1. The lowest BCUT2D eigenvalue weighted by Gasteiger charge is -2.21. The summed E-state index contributed by atoms with van der Waals surface area (Å²) in [6.07, 6.45) is 11.3. The highest BCUT2D eigenvalue weighted by Gasteiger charge is 2.30. The molecule has 21 heavy (non-hydrogen) atoms. The summed E-state index contributed by atoms with van der Waals surface area (Å²) in [6, 6.07) is 0. The summed E-state index contributed by atoms with van der Waals surface area (Å²) < 4.78 is 5.60. The van der Waals surface area contributed by atoms with Crippen molar-refractivity contribution in [2.24, 2.45) is 5.92 Å². The van der Waals surface area contributed by atoms with E-state index in [1.54, 1.807) is 0 Å². The van der Waals surface area contributed by atoms with Gasteiger partial charge in [-0.05, 0) is 51.6 Å². The summed E-state index contributed by atoms with van der Waals surface area (Å²) in [6.45, 7) is 7.64. The van der Waals surface area contributed by atoms with Gasteiger partial charge in [-0.15, -0.1) is 0 Å². The van der Waals surface area contributed by atoms with Gasteiger partial charge >= 0.3 is 5.97 Å². The third-order valence-electron chi connectivity index (χ3n) is 4.68. The zero-order valence-corrected chi connectivity index (χ0v) is 13.6. The van der Waals surface area contributed by atoms with Crippen LogP contribution in [0.25, 0.3) is 0 Å². The van der Waals surface area contributed by atoms with E-state index < -0.39 is 0 Å². The van der Waals surface area contributed by atoms with E-state index in [4.69, 9.17) is 4.74 Å². The van der Waals surface area contributed by atoms with Gasteiger partial charge < -0.3 is 9.64 Å². The fourth-order valence-electron chi connectivity index (χ4n) is 3.36. The molecule has 0 aliphatic heterocycles. The highest BCUT2D eigenvalue weighted by molar-refractivity contribution is 5.79. The summed E-state index contributed by atoms with van der Waals surface area (Å²) in [5.74, 6) is -0.102. The van der Waals surface area contributed by atoms with Crippen LogP contribution in [0.3, 0.4) is 0 Å². The summed E-state index contributed by atoms with van der Waals surface area (Å²) in [5.41, 5.74) is 2.60. The summed E-state index contributed by atoms with van der Waals surface area (Å²) >= 11 is 0. The molecule has 0 bridgehead atoms. The molecule has 3 nitrogen and oxygen atoms in total. The van der Waals surface area contributed by atoms with Gasteiger partial charge in [0.1, 0.15) is 6.61 Å². The molecule has 0 fully saturated rings. The molecule has 0 atom stereocenters. The van der Waals surface area contributed by atoms with Crippen molar-refractivity contribution < 1.29 is 9.53 Å². The van der Waals surface area contributed by atoms with E-state index >= 15 is 0 Å². The summed E-state index contributed by atoms with van der Waals surface area (Å²) in [4.78, 5) is 14.8. The largest absolute Gasteiger partial charge is 0.464 e. The van der Waals surface area contributed by atoms with Crippen molar-refractivity contribution in [2.75, 3.05) is 26.2 Å². The summed E-state index contributed by atoms with van der Waals surface area (Å²) in [7, 11) is 0. The highest BCUT2D eigenvalue weighted by Crippen LogP contribution is 2.35. The van der Waals surface area contributed by atoms with Crippen LogP contribution in [0.2, 0.25) is 0 Å². The number of ether oxygens (including phenoxy) is 1. The fourth-order valence-corrected chi connectivity index (χ4v) is 3.36. The first kappa shape index (κ1) is 16.3. The van der Waals surface area contributed by atoms with Gasteiger partial charge in [-0.1, -0.05) is 37.1 Å². The molecule has 0 unspecified atom stereocenters. The number of allylic oxidation sites excluding steroid dienone is 2. The maximum Gasteiger partial charge on any atom is 0.317 e. The third kappa shape index (κ3) is 4.44. The van der Waals surface area contributed by atoms with E-state index in [2.05, 4.69) is 30.9 Å². The monoisotopic (exact) mass is 291 g/mol. The van der Waals surface area contributed by atoms with Gasteiger partial charge in [0.25, 0.3) is 0 Å². The normalized spacial score (nSPS) is 18.3. The molecular weight excluding hydrogens is 262 g/mol. The Bertz CT molecular complexity index is 383. The van der Waals surface area contributed by atoms with Crippen molar-refractivity contribution in [2.45, 2.75) is 52.4 Å². The SMILES string of the molecule is CCN(CC)CCOC(=O)C(C1=CCCC1)C1=CCCC1. The zero-order valence-electron chi connectivity index (χ0n) is 13.6. The van der Waals surface area contributed by atoms with E-state index in [0.29, 0.717) is 6.61 Å². The Morgan fingerprint density at radius 3 is 2.14 bits per heavy atom. The molecular formula is C18H29NO2. The molecule has 3 heteroatoms. The van der Waals surface area contributed by atoms with Crippen LogP contribution < -0.4 is 0 Å². The minimum absolute atomic E-state index is 0.0246. The fraction of sp³-hybridized carbons (Fsp3) is 0.722. The Hall–Kier alpha value is -1.09. The number of carbonyl (C=O) groups excluding carboxylic acids is 1. The predicted octanol–water partition coefficient (Wildman–Crippen LogP) is 3.71. The highest BCUT2D eigenvalue weighted by atomic mass is 16.5. The van der Waals surface area contributed by atoms with Crippen LogP contribution in [-0.4, -0.2) is 37.1 Å². The van der Waals surface area contributed by atoms with E-state index in [-0.39, 0.29) is 11.9 Å². The number of nitrogens with zero attached hydrogens (tertiary/aromatic N) is 1. The van der Waals surface area contributed by atoms with Crippen molar-refractivity contribution in [3.05, 3.63) is 23.3 Å². The molecule has 0 heterocycles. The van der Waals surface area contributed by atoms with E-state index in [1.807, 2.05) is 0 Å². The lowest BCUT2D eigenvalue weighted by atomic mass is 9.90. The molecule has 0 aromatic carbocycles. The van der Waals surface area contributed by atoms with Crippen LogP contribution in [0.5, 0.6) is 0 Å². The molecule has 0 saturated carbocycles. The molecule has 0 spiro atoms. The maximum absolute atomic E-state index is 12.6. The van der Waals surface area contributed by atoms with Crippen LogP contribution >= 0.6 is 0 Å². The van der Waals surface area contributed by atoms with Crippen LogP contribution in [0.4, 0.5) is 0 Å². The Morgan fingerprint density at radius 1 is 1.14 bits per heavy atom. The second-order valence-electron chi connectivity index (χ2n) is 5.97. The van der Waals surface area contributed by atoms with Gasteiger partial charge in [0.05, 0.1) is 5.92 Å². The van der Waals surface area contributed by atoms with Crippen molar-refractivity contribution in [3.63, 3.8) is 0 Å². The average Bonchev–Trinajstić information content (AvgIpc) is 3.18. The number of hydrogen-bond acceptors (Lipinski definition) is 3. The van der Waals surface area contributed by atoms with E-state index in [0.717, 1.165) is 45.3 Å². The topological polar surface area (TPSA) is 29.5 Å². The second kappa shape index (κ2) is 8.38. The summed E-state index contributed by atoms with van der Waals surface area (Å²) in [5, 5.41) is 0. The lowest BCUT2D eigenvalue weighted by Crippen LogP contribution is -2.29. The van der Waals surface area contributed by atoms with Crippen molar-refractivity contribution in [1.29, 1.82) is 0 Å². The molecule has 2 aliphatic rings. The first-order valence-electron chi connectivity index (χ1n) is 8.53. The standard InChI is InChI=1S/C18H29NO2/c1-3-19(4-2)13-14-21-18(20)17(15-9-5-6-10-15)16-11-7-8-12-16/h9,11,17H,3-8,10,12-14H2,1-2H3. The van der Waals surface area contributed by atoms with Gasteiger partial charge in [-0.2, -0.15) is 0 Å². The van der Waals surface area contributed by atoms with Gasteiger partial charge in [0.15, 0.2) is 0 Å². The first-order valence-corrected chi connectivity index (χ1v) is 8.53. The molecule has 2 rings (SSSR count). The maximum atomic E-state index is 12.6. The lowest BCUT2D eigenvalue weighted by molar-refractivity contribution is -0.146. The molecule has 0 N–H and O–H groups in total. The molecule has 118 valence electrons. The van der Waals surface area contributed by atoms with Crippen molar-refractivity contribution in [1.82, 2.24) is 4.90 Å². The second-order valence-corrected chi connectivity index (χ2v) is 5.97. The Balaban J connectivity index is 1.92. The van der Waals surface area contributed by atoms with E-state index in [1.165, 1.54) is 24.0 Å². The van der Waals surface area contributed by atoms with Gasteiger partial charge in [-0.25, -0.2) is 0 Å². The predicted molar refractivity (Wildman–Crippen MR) is 86.1 cm³/mol. The van der Waals surface area contributed by atoms with Crippen LogP contribution in [-0.2, 0) is 9.53 Å². The molecule has 0 radical (unpaired) electrons. The number of carbonyl (C=O) groups is 1. The van der Waals surface area contributed by atoms with Crippen LogP contribution in [0, 0.1) is 5.92 Å². The molecule has 0 saturated heterocycles. The van der Waals surface area contributed by atoms with Gasteiger partial charge in [-0.3, -0.25) is 4.79 Å². The molecule has 0 aromatic rings. The third-order valence-corrected chi connectivity index (χ3v) is 4.68. The Kier molecular flexibility index (Phi) is 6.50. The smallest absolute Gasteiger partial charge is 0.317 e. The molecule has 0 aromatic heterocycles. The van der Waals surface area contributed by atoms with Crippen molar-refractivity contribution in [3.8, 4) is 0 Å². The van der Waals surface area contributed by atoms with Crippen LogP contribution in [0.15, 0.2) is 23.3 Å². The van der Waals surface area contributed by atoms with Gasteiger partial charge in [0, 0.05) is 6.54 Å². The van der Waals surface area contributed by atoms with E-state index in [9.17, 15) is 4.79 Å². The number of rotatable bonds is 8. The molecule has 0 amide bonds. The zero-order chi connectivity index (χ0) is 15.1. The van der Waals surface area contributed by atoms with Crippen molar-refractivity contribution >= 4 is 5.97 Å². The first-order chi connectivity index (χ1) is 10.3. The number of esters is 1.